The zero-order valence-electron chi connectivity index (χ0n) is 14.0. The third-order valence-corrected chi connectivity index (χ3v) is 3.54. The fourth-order valence-corrected chi connectivity index (χ4v) is 2.37. The van der Waals surface area contributed by atoms with Crippen molar-refractivity contribution in [2.75, 3.05) is 13.2 Å². The van der Waals surface area contributed by atoms with Crippen molar-refractivity contribution in [3.8, 4) is 5.75 Å². The molecule has 120 valence electrons. The lowest BCUT2D eigenvalue weighted by molar-refractivity contribution is 0.0997. The van der Waals surface area contributed by atoms with Crippen LogP contribution >= 0.6 is 11.6 Å². The molecule has 3 nitrogen and oxygen atoms in total. The van der Waals surface area contributed by atoms with E-state index in [-0.39, 0.29) is 12.1 Å². The molecule has 0 aromatic heterocycles. The highest BCUT2D eigenvalue weighted by atomic mass is 35.5. The van der Waals surface area contributed by atoms with Crippen molar-refractivity contribution in [2.24, 2.45) is 0 Å². The Labute approximate surface area is 133 Å². The first-order chi connectivity index (χ1) is 9.60. The molecule has 0 saturated heterocycles. The maximum Gasteiger partial charge on any atom is 0.122 e. The summed E-state index contributed by atoms with van der Waals surface area (Å²) in [6.45, 7) is 13.1. The van der Waals surface area contributed by atoms with E-state index in [1.165, 1.54) is 0 Å². The first-order valence-electron chi connectivity index (χ1n) is 7.46. The highest BCUT2D eigenvalue weighted by Gasteiger charge is 2.14. The number of ether oxygens (including phenoxy) is 1. The van der Waals surface area contributed by atoms with Crippen molar-refractivity contribution >= 4 is 11.6 Å². The van der Waals surface area contributed by atoms with Crippen LogP contribution in [-0.2, 0) is 0 Å². The summed E-state index contributed by atoms with van der Waals surface area (Å²) in [5, 5.41) is 14.0. The normalized spacial score (nSPS) is 13.6. The first kappa shape index (κ1) is 18.3. The number of aryl methyl sites for hydroxylation is 1. The lowest BCUT2D eigenvalue weighted by Crippen LogP contribution is -2.42. The molecule has 0 aliphatic rings. The summed E-state index contributed by atoms with van der Waals surface area (Å²) in [5.74, 6) is 1.13. The molecule has 1 atom stereocenters. The van der Waals surface area contributed by atoms with Gasteiger partial charge >= 0.3 is 0 Å². The molecule has 4 heteroatoms. The van der Waals surface area contributed by atoms with Crippen LogP contribution in [0.5, 0.6) is 5.75 Å². The Hall–Kier alpha value is -0.770. The number of benzene rings is 1. The Balaban J connectivity index is 2.65. The second kappa shape index (κ2) is 7.48. The van der Waals surface area contributed by atoms with Crippen molar-refractivity contribution < 1.29 is 9.84 Å². The van der Waals surface area contributed by atoms with Crippen molar-refractivity contribution in [3.05, 3.63) is 28.3 Å². The average molecular weight is 314 g/mol. The molecule has 1 aromatic rings. The SMILES string of the molecule is Cc1cc(Cl)c(C(C)C)cc1OCC(O)CNC(C)(C)C. The van der Waals surface area contributed by atoms with Crippen LogP contribution in [0.25, 0.3) is 0 Å². The smallest absolute Gasteiger partial charge is 0.122 e. The minimum Gasteiger partial charge on any atom is -0.491 e. The van der Waals surface area contributed by atoms with E-state index in [9.17, 15) is 5.11 Å². The summed E-state index contributed by atoms with van der Waals surface area (Å²) < 4.78 is 5.76. The molecule has 2 N–H and O–H groups in total. The molecule has 0 spiro atoms. The van der Waals surface area contributed by atoms with Crippen LogP contribution < -0.4 is 10.1 Å². The van der Waals surface area contributed by atoms with Gasteiger partial charge in [0.25, 0.3) is 0 Å². The van der Waals surface area contributed by atoms with E-state index in [1.54, 1.807) is 0 Å². The van der Waals surface area contributed by atoms with E-state index < -0.39 is 6.10 Å². The average Bonchev–Trinajstić information content (AvgIpc) is 2.34. The molecule has 1 rings (SSSR count). The lowest BCUT2D eigenvalue weighted by atomic mass is 10.0. The van der Waals surface area contributed by atoms with E-state index in [0.717, 1.165) is 21.9 Å². The van der Waals surface area contributed by atoms with Gasteiger partial charge in [-0.25, -0.2) is 0 Å². The van der Waals surface area contributed by atoms with Crippen molar-refractivity contribution in [1.82, 2.24) is 5.32 Å². The minimum atomic E-state index is -0.540. The number of hydrogen-bond donors (Lipinski definition) is 2. The highest BCUT2D eigenvalue weighted by Crippen LogP contribution is 2.31. The predicted molar refractivity (Wildman–Crippen MR) is 89.5 cm³/mol. The summed E-state index contributed by atoms with van der Waals surface area (Å²) in [6.07, 6.45) is -0.540. The van der Waals surface area contributed by atoms with Crippen LogP contribution in [0.2, 0.25) is 5.02 Å². The number of nitrogens with one attached hydrogen (secondary N) is 1. The summed E-state index contributed by atoms with van der Waals surface area (Å²) in [7, 11) is 0. The summed E-state index contributed by atoms with van der Waals surface area (Å²) in [4.78, 5) is 0. The molecule has 0 bridgehead atoms. The first-order valence-corrected chi connectivity index (χ1v) is 7.84. The monoisotopic (exact) mass is 313 g/mol. The van der Waals surface area contributed by atoms with E-state index in [1.807, 2.05) is 19.1 Å². The Kier molecular flexibility index (Phi) is 6.51. The lowest BCUT2D eigenvalue weighted by Gasteiger charge is -2.23. The van der Waals surface area contributed by atoms with E-state index >= 15 is 0 Å². The van der Waals surface area contributed by atoms with Crippen LogP contribution in [0.15, 0.2) is 12.1 Å². The quantitative estimate of drug-likeness (QED) is 0.837. The standard InChI is InChI=1S/C17H28ClNO2/c1-11(2)14-8-16(12(3)7-15(14)18)21-10-13(20)9-19-17(4,5)6/h7-8,11,13,19-20H,9-10H2,1-6H3. The van der Waals surface area contributed by atoms with Crippen LogP contribution in [0.1, 0.15) is 51.7 Å². The van der Waals surface area contributed by atoms with E-state index in [4.69, 9.17) is 16.3 Å². The van der Waals surface area contributed by atoms with Gasteiger partial charge in [-0.2, -0.15) is 0 Å². The molecule has 0 fully saturated rings. The van der Waals surface area contributed by atoms with Gasteiger partial charge in [0.2, 0.25) is 0 Å². The third-order valence-electron chi connectivity index (χ3n) is 3.22. The molecule has 0 aliphatic carbocycles. The Morgan fingerprint density at radius 3 is 2.43 bits per heavy atom. The number of aliphatic hydroxyl groups is 1. The largest absolute Gasteiger partial charge is 0.491 e. The Morgan fingerprint density at radius 1 is 1.29 bits per heavy atom. The zero-order valence-corrected chi connectivity index (χ0v) is 14.7. The predicted octanol–water partition coefficient (Wildman–Crippen LogP) is 3.90. The van der Waals surface area contributed by atoms with Gasteiger partial charge in [-0.05, 0) is 56.9 Å². The second-order valence-corrected chi connectivity index (χ2v) is 7.30. The third kappa shape index (κ3) is 6.25. The summed E-state index contributed by atoms with van der Waals surface area (Å²) in [6, 6.07) is 3.90. The molecule has 1 aromatic carbocycles. The molecule has 0 saturated carbocycles. The number of rotatable bonds is 6. The van der Waals surface area contributed by atoms with Gasteiger partial charge in [0.05, 0.1) is 0 Å². The number of aliphatic hydroxyl groups excluding tert-OH is 1. The summed E-state index contributed by atoms with van der Waals surface area (Å²) >= 11 is 6.24. The molecule has 0 amide bonds. The zero-order chi connectivity index (χ0) is 16.2. The van der Waals surface area contributed by atoms with Gasteiger partial charge in [0.1, 0.15) is 18.5 Å². The van der Waals surface area contributed by atoms with Crippen LogP contribution in [0.3, 0.4) is 0 Å². The molecular weight excluding hydrogens is 286 g/mol. The van der Waals surface area contributed by atoms with Gasteiger partial charge in [0, 0.05) is 17.1 Å². The molecule has 21 heavy (non-hydrogen) atoms. The molecule has 0 radical (unpaired) electrons. The van der Waals surface area contributed by atoms with Crippen LogP contribution in [-0.4, -0.2) is 29.9 Å². The fraction of sp³-hybridized carbons (Fsp3) is 0.647. The number of hydrogen-bond acceptors (Lipinski definition) is 3. The highest BCUT2D eigenvalue weighted by molar-refractivity contribution is 6.31. The van der Waals surface area contributed by atoms with Crippen molar-refractivity contribution in [2.45, 2.75) is 59.1 Å². The maximum absolute atomic E-state index is 9.98. The Morgan fingerprint density at radius 2 is 1.90 bits per heavy atom. The molecular formula is C17H28ClNO2. The second-order valence-electron chi connectivity index (χ2n) is 6.89. The van der Waals surface area contributed by atoms with Gasteiger partial charge in [-0.15, -0.1) is 0 Å². The van der Waals surface area contributed by atoms with Gasteiger partial charge in [-0.3, -0.25) is 0 Å². The van der Waals surface area contributed by atoms with Gasteiger partial charge in [0.15, 0.2) is 0 Å². The van der Waals surface area contributed by atoms with Gasteiger partial charge in [-0.1, -0.05) is 25.4 Å². The van der Waals surface area contributed by atoms with Crippen molar-refractivity contribution in [3.63, 3.8) is 0 Å². The van der Waals surface area contributed by atoms with E-state index in [0.29, 0.717) is 12.5 Å². The molecule has 0 aliphatic heterocycles. The minimum absolute atomic E-state index is 0.0119. The van der Waals surface area contributed by atoms with Gasteiger partial charge < -0.3 is 15.2 Å². The fourth-order valence-electron chi connectivity index (χ4n) is 1.94. The number of halogens is 1. The number of β-amino-alcohol motifs (C(OH)–C–C–N with tert-alkyl or cyclic N) is 1. The van der Waals surface area contributed by atoms with Crippen LogP contribution in [0.4, 0.5) is 0 Å². The topological polar surface area (TPSA) is 41.5 Å². The van der Waals surface area contributed by atoms with E-state index in [2.05, 4.69) is 39.9 Å². The Bertz CT molecular complexity index is 467. The maximum atomic E-state index is 9.98. The van der Waals surface area contributed by atoms with Crippen LogP contribution in [0, 0.1) is 6.92 Å². The van der Waals surface area contributed by atoms with Crippen molar-refractivity contribution in [1.29, 1.82) is 0 Å². The summed E-state index contributed by atoms with van der Waals surface area (Å²) in [5.41, 5.74) is 2.04. The molecule has 1 unspecified atom stereocenters. The molecule has 0 heterocycles.